The molecule has 0 saturated carbocycles. The first kappa shape index (κ1) is 21.7. The lowest BCUT2D eigenvalue weighted by atomic mass is 10.0. The number of methoxy groups -OCH3 is 2. The van der Waals surface area contributed by atoms with Gasteiger partial charge in [0.15, 0.2) is 11.5 Å². The number of carbonyl (C=O) groups excluding carboxylic acids is 3. The molecule has 0 aromatic heterocycles. The Morgan fingerprint density at radius 3 is 2.66 bits per heavy atom. The van der Waals surface area contributed by atoms with Crippen LogP contribution < -0.4 is 24.6 Å². The van der Waals surface area contributed by atoms with Crippen LogP contribution in [-0.4, -0.2) is 44.5 Å². The molecule has 0 bridgehead atoms. The van der Waals surface area contributed by atoms with Gasteiger partial charge >= 0.3 is 0 Å². The van der Waals surface area contributed by atoms with Gasteiger partial charge in [-0.1, -0.05) is 19.1 Å². The first-order chi connectivity index (χ1) is 15.5. The van der Waals surface area contributed by atoms with E-state index in [4.69, 9.17) is 9.47 Å². The number of anilines is 2. The van der Waals surface area contributed by atoms with Crippen LogP contribution >= 0.6 is 0 Å². The number of ether oxygens (including phenoxy) is 2. The van der Waals surface area contributed by atoms with Crippen LogP contribution in [0.15, 0.2) is 36.4 Å². The van der Waals surface area contributed by atoms with Gasteiger partial charge in [-0.25, -0.2) is 0 Å². The van der Waals surface area contributed by atoms with Crippen molar-refractivity contribution in [3.63, 3.8) is 0 Å². The molecule has 168 valence electrons. The summed E-state index contributed by atoms with van der Waals surface area (Å²) in [6.45, 7) is 2.79. The van der Waals surface area contributed by atoms with Gasteiger partial charge in [0.25, 0.3) is 5.91 Å². The number of nitrogens with zero attached hydrogens (tertiary/aromatic N) is 2. The van der Waals surface area contributed by atoms with Crippen LogP contribution in [0.25, 0.3) is 0 Å². The Morgan fingerprint density at radius 1 is 1.12 bits per heavy atom. The topological polar surface area (TPSA) is 88.2 Å². The van der Waals surface area contributed by atoms with Crippen LogP contribution in [0.5, 0.6) is 11.5 Å². The fraction of sp³-hybridized carbons (Fsp3) is 0.375. The van der Waals surface area contributed by atoms with Gasteiger partial charge in [0.05, 0.1) is 25.6 Å². The summed E-state index contributed by atoms with van der Waals surface area (Å²) in [6, 6.07) is 10.2. The fourth-order valence-electron chi connectivity index (χ4n) is 4.43. The molecule has 8 nitrogen and oxygen atoms in total. The van der Waals surface area contributed by atoms with E-state index >= 15 is 0 Å². The van der Waals surface area contributed by atoms with Crippen molar-refractivity contribution in [1.82, 2.24) is 5.32 Å². The number of hydrogen-bond acceptors (Lipinski definition) is 5. The minimum atomic E-state index is -0.443. The molecule has 2 aromatic rings. The summed E-state index contributed by atoms with van der Waals surface area (Å²) in [5, 5.41) is 2.90. The van der Waals surface area contributed by atoms with Gasteiger partial charge in [-0.15, -0.1) is 0 Å². The van der Waals surface area contributed by atoms with Gasteiger partial charge in [0.2, 0.25) is 11.8 Å². The van der Waals surface area contributed by atoms with Crippen LogP contribution in [0.1, 0.15) is 42.1 Å². The number of para-hydroxylation sites is 1. The van der Waals surface area contributed by atoms with Gasteiger partial charge in [-0.3, -0.25) is 19.3 Å². The molecule has 2 heterocycles. The molecule has 1 N–H and O–H groups in total. The van der Waals surface area contributed by atoms with Crippen molar-refractivity contribution in [3.8, 4) is 11.5 Å². The van der Waals surface area contributed by atoms with E-state index in [-0.39, 0.29) is 24.3 Å². The first-order valence-corrected chi connectivity index (χ1v) is 10.8. The average molecular weight is 437 g/mol. The second-order valence-electron chi connectivity index (χ2n) is 7.85. The largest absolute Gasteiger partial charge is 0.493 e. The van der Waals surface area contributed by atoms with Crippen molar-refractivity contribution in [2.24, 2.45) is 0 Å². The lowest BCUT2D eigenvalue weighted by Crippen LogP contribution is -2.52. The van der Waals surface area contributed by atoms with Crippen molar-refractivity contribution in [2.45, 2.75) is 38.8 Å². The number of rotatable bonds is 7. The number of amides is 3. The molecule has 2 aliphatic heterocycles. The standard InChI is InChI=1S/C24H27N3O5/c1-4-12-26-19-13-15(8-9-17(19)27-18(24(26)30)10-11-21(27)28)23(29)25-14-16-6-5-7-20(31-2)22(16)32-3/h5-9,13,18H,4,10-12,14H2,1-3H3,(H,25,29)/t18-/m1/s1. The van der Waals surface area contributed by atoms with Crippen LogP contribution in [-0.2, 0) is 16.1 Å². The summed E-state index contributed by atoms with van der Waals surface area (Å²) in [7, 11) is 3.12. The van der Waals surface area contributed by atoms with E-state index in [1.165, 1.54) is 0 Å². The SMILES string of the molecule is CCCN1C(=O)[C@H]2CCC(=O)N2c2ccc(C(=O)NCc3cccc(OC)c3OC)cc21. The van der Waals surface area contributed by atoms with Crippen molar-refractivity contribution in [3.05, 3.63) is 47.5 Å². The van der Waals surface area contributed by atoms with Gasteiger partial charge in [-0.05, 0) is 37.1 Å². The maximum Gasteiger partial charge on any atom is 0.251 e. The molecule has 32 heavy (non-hydrogen) atoms. The lowest BCUT2D eigenvalue weighted by Gasteiger charge is -2.38. The highest BCUT2D eigenvalue weighted by Gasteiger charge is 2.44. The molecule has 3 amide bonds. The van der Waals surface area contributed by atoms with Gasteiger partial charge < -0.3 is 19.7 Å². The molecular weight excluding hydrogens is 410 g/mol. The van der Waals surface area contributed by atoms with Crippen LogP contribution in [0.4, 0.5) is 11.4 Å². The molecule has 0 aliphatic carbocycles. The van der Waals surface area contributed by atoms with Crippen molar-refractivity contribution in [2.75, 3.05) is 30.6 Å². The monoisotopic (exact) mass is 437 g/mol. The molecule has 0 spiro atoms. The second kappa shape index (κ2) is 8.90. The fourth-order valence-corrected chi connectivity index (χ4v) is 4.43. The van der Waals surface area contributed by atoms with Crippen LogP contribution in [0.3, 0.4) is 0 Å². The number of nitrogens with one attached hydrogen (secondary N) is 1. The van der Waals surface area contributed by atoms with Crippen molar-refractivity contribution in [1.29, 1.82) is 0 Å². The Bertz CT molecular complexity index is 1070. The quantitative estimate of drug-likeness (QED) is 0.720. The zero-order valence-corrected chi connectivity index (χ0v) is 18.5. The van der Waals surface area contributed by atoms with E-state index in [2.05, 4.69) is 5.32 Å². The smallest absolute Gasteiger partial charge is 0.251 e. The Balaban J connectivity index is 1.60. The molecule has 1 saturated heterocycles. The van der Waals surface area contributed by atoms with E-state index in [0.717, 1.165) is 12.0 Å². The van der Waals surface area contributed by atoms with Crippen molar-refractivity contribution < 1.29 is 23.9 Å². The van der Waals surface area contributed by atoms with E-state index in [0.29, 0.717) is 47.8 Å². The van der Waals surface area contributed by atoms with E-state index < -0.39 is 6.04 Å². The van der Waals surface area contributed by atoms with Gasteiger partial charge in [-0.2, -0.15) is 0 Å². The maximum atomic E-state index is 13.0. The highest BCUT2D eigenvalue weighted by atomic mass is 16.5. The Morgan fingerprint density at radius 2 is 1.94 bits per heavy atom. The first-order valence-electron chi connectivity index (χ1n) is 10.8. The predicted molar refractivity (Wildman–Crippen MR) is 120 cm³/mol. The third-order valence-corrected chi connectivity index (χ3v) is 5.92. The highest BCUT2D eigenvalue weighted by Crippen LogP contribution is 2.41. The Hall–Kier alpha value is -3.55. The number of hydrogen-bond donors (Lipinski definition) is 1. The summed E-state index contributed by atoms with van der Waals surface area (Å²) in [6.07, 6.45) is 1.67. The molecule has 1 fully saturated rings. The predicted octanol–water partition coefficient (Wildman–Crippen LogP) is 2.89. The van der Waals surface area contributed by atoms with Gasteiger partial charge in [0, 0.05) is 30.6 Å². The zero-order chi connectivity index (χ0) is 22.8. The Kier molecular flexibility index (Phi) is 6.03. The molecule has 0 radical (unpaired) electrons. The third kappa shape index (κ3) is 3.66. The molecular formula is C24H27N3O5. The number of fused-ring (bicyclic) bond motifs is 3. The van der Waals surface area contributed by atoms with E-state index in [1.54, 1.807) is 48.3 Å². The molecule has 1 atom stereocenters. The third-order valence-electron chi connectivity index (χ3n) is 5.92. The lowest BCUT2D eigenvalue weighted by molar-refractivity contribution is -0.122. The average Bonchev–Trinajstić information content (AvgIpc) is 3.21. The summed E-state index contributed by atoms with van der Waals surface area (Å²) in [5.74, 6) is 0.744. The summed E-state index contributed by atoms with van der Waals surface area (Å²) >= 11 is 0. The minimum absolute atomic E-state index is 0.0527. The highest BCUT2D eigenvalue weighted by molar-refractivity contribution is 6.15. The second-order valence-corrected chi connectivity index (χ2v) is 7.85. The van der Waals surface area contributed by atoms with Crippen molar-refractivity contribution >= 4 is 29.1 Å². The maximum absolute atomic E-state index is 13.0. The van der Waals surface area contributed by atoms with Crippen LogP contribution in [0.2, 0.25) is 0 Å². The van der Waals surface area contributed by atoms with Gasteiger partial charge in [0.1, 0.15) is 6.04 Å². The van der Waals surface area contributed by atoms with E-state index in [1.807, 2.05) is 19.1 Å². The summed E-state index contributed by atoms with van der Waals surface area (Å²) < 4.78 is 10.7. The molecule has 8 heteroatoms. The molecule has 2 aliphatic rings. The van der Waals surface area contributed by atoms with Crippen LogP contribution in [0, 0.1) is 0 Å². The number of carbonyl (C=O) groups is 3. The zero-order valence-electron chi connectivity index (χ0n) is 18.5. The summed E-state index contributed by atoms with van der Waals surface area (Å²) in [4.78, 5) is 41.7. The molecule has 4 rings (SSSR count). The number of benzene rings is 2. The summed E-state index contributed by atoms with van der Waals surface area (Å²) in [5.41, 5.74) is 2.50. The molecule has 0 unspecified atom stereocenters. The molecule has 2 aromatic carbocycles. The Labute approximate surface area is 187 Å². The minimum Gasteiger partial charge on any atom is -0.493 e. The normalized spacial score (nSPS) is 17.2. The van der Waals surface area contributed by atoms with E-state index in [9.17, 15) is 14.4 Å².